The number of benzene rings is 1. The maximum Gasteiger partial charge on any atom is 0.253 e. The fourth-order valence-electron chi connectivity index (χ4n) is 2.75. The van der Waals surface area contributed by atoms with E-state index in [4.69, 9.17) is 4.74 Å². The number of piperazine rings is 1. The quantitative estimate of drug-likeness (QED) is 0.714. The van der Waals surface area contributed by atoms with Crippen LogP contribution < -0.4 is 5.32 Å². The minimum absolute atomic E-state index is 0.0751. The molecule has 0 spiro atoms. The van der Waals surface area contributed by atoms with Crippen LogP contribution in [-0.2, 0) is 14.8 Å². The Morgan fingerprint density at radius 3 is 2.64 bits per heavy atom. The molecular formula is C17H27N3O4S. The van der Waals surface area contributed by atoms with E-state index in [-0.39, 0.29) is 18.2 Å². The Morgan fingerprint density at radius 1 is 1.28 bits per heavy atom. The highest BCUT2D eigenvalue weighted by Crippen LogP contribution is 2.10. The molecular weight excluding hydrogens is 342 g/mol. The standard InChI is InChI=1S/C17H27N3O4S/c1-15-4-3-5-16(14-15)17(21)19(10-12-24-2)11-13-25(22,23)20-8-6-18-7-9-20/h3-5,14,18H,6-13H2,1-2H3. The van der Waals surface area contributed by atoms with Crippen LogP contribution in [-0.4, -0.2) is 82.3 Å². The number of nitrogens with zero attached hydrogens (tertiary/aromatic N) is 2. The van der Waals surface area contributed by atoms with Gasteiger partial charge in [0.1, 0.15) is 0 Å². The van der Waals surface area contributed by atoms with Gasteiger partial charge < -0.3 is 15.0 Å². The van der Waals surface area contributed by atoms with Crippen LogP contribution >= 0.6 is 0 Å². The van der Waals surface area contributed by atoms with Gasteiger partial charge in [0.25, 0.3) is 5.91 Å². The molecule has 0 radical (unpaired) electrons. The SMILES string of the molecule is COCCN(CCS(=O)(=O)N1CCNCC1)C(=O)c1cccc(C)c1. The van der Waals surface area contributed by atoms with Gasteiger partial charge in [-0.05, 0) is 19.1 Å². The molecule has 0 bridgehead atoms. The van der Waals surface area contributed by atoms with Crippen molar-refractivity contribution in [3.05, 3.63) is 35.4 Å². The Morgan fingerprint density at radius 2 is 2.00 bits per heavy atom. The van der Waals surface area contributed by atoms with Crippen molar-refractivity contribution >= 4 is 15.9 Å². The predicted molar refractivity (Wildman–Crippen MR) is 97.2 cm³/mol. The Labute approximate surface area is 150 Å². The van der Waals surface area contributed by atoms with E-state index in [1.165, 1.54) is 4.31 Å². The molecule has 0 aromatic heterocycles. The smallest absolute Gasteiger partial charge is 0.253 e. The molecule has 0 aliphatic carbocycles. The Bertz CT molecular complexity index is 672. The van der Waals surface area contributed by atoms with Crippen LogP contribution in [0, 0.1) is 6.92 Å². The number of aryl methyl sites for hydroxylation is 1. The maximum absolute atomic E-state index is 12.7. The van der Waals surface area contributed by atoms with Crippen LogP contribution in [0.4, 0.5) is 0 Å². The molecule has 1 N–H and O–H groups in total. The van der Waals surface area contributed by atoms with E-state index >= 15 is 0 Å². The summed E-state index contributed by atoms with van der Waals surface area (Å²) in [6.45, 7) is 5.08. The zero-order valence-corrected chi connectivity index (χ0v) is 15.7. The summed E-state index contributed by atoms with van der Waals surface area (Å²) in [6, 6.07) is 7.31. The second-order valence-corrected chi connectivity index (χ2v) is 8.21. The normalized spacial score (nSPS) is 15.9. The molecule has 25 heavy (non-hydrogen) atoms. The number of sulfonamides is 1. The van der Waals surface area contributed by atoms with Crippen molar-refractivity contribution in [2.45, 2.75) is 6.92 Å². The average molecular weight is 369 g/mol. The third kappa shape index (κ3) is 5.78. The molecule has 1 saturated heterocycles. The number of carbonyl (C=O) groups excluding carboxylic acids is 1. The number of amides is 1. The van der Waals surface area contributed by atoms with Crippen molar-refractivity contribution in [1.29, 1.82) is 0 Å². The van der Waals surface area contributed by atoms with E-state index in [2.05, 4.69) is 5.32 Å². The Balaban J connectivity index is 2.05. The van der Waals surface area contributed by atoms with Gasteiger partial charge in [-0.25, -0.2) is 8.42 Å². The largest absolute Gasteiger partial charge is 0.383 e. The fourth-order valence-corrected chi connectivity index (χ4v) is 4.20. The van der Waals surface area contributed by atoms with Crippen LogP contribution in [0.3, 0.4) is 0 Å². The summed E-state index contributed by atoms with van der Waals surface area (Å²) >= 11 is 0. The number of ether oxygens (including phenoxy) is 1. The molecule has 1 fully saturated rings. The van der Waals surface area contributed by atoms with Crippen LogP contribution in [0.1, 0.15) is 15.9 Å². The van der Waals surface area contributed by atoms with Crippen molar-refractivity contribution in [1.82, 2.24) is 14.5 Å². The van der Waals surface area contributed by atoms with Gasteiger partial charge in [-0.3, -0.25) is 4.79 Å². The minimum atomic E-state index is -3.37. The highest BCUT2D eigenvalue weighted by Gasteiger charge is 2.25. The first-order valence-corrected chi connectivity index (χ1v) is 10.1. The van der Waals surface area contributed by atoms with Crippen molar-refractivity contribution in [3.63, 3.8) is 0 Å². The zero-order chi connectivity index (χ0) is 18.3. The van der Waals surface area contributed by atoms with Crippen molar-refractivity contribution < 1.29 is 17.9 Å². The lowest BCUT2D eigenvalue weighted by Gasteiger charge is -2.28. The first-order valence-electron chi connectivity index (χ1n) is 8.47. The topological polar surface area (TPSA) is 79.0 Å². The first kappa shape index (κ1) is 19.8. The van der Waals surface area contributed by atoms with Gasteiger partial charge in [-0.15, -0.1) is 0 Å². The lowest BCUT2D eigenvalue weighted by molar-refractivity contribution is 0.0707. The van der Waals surface area contributed by atoms with E-state index in [0.717, 1.165) is 5.56 Å². The summed E-state index contributed by atoms with van der Waals surface area (Å²) in [5, 5.41) is 3.14. The summed E-state index contributed by atoms with van der Waals surface area (Å²) in [5.41, 5.74) is 1.56. The lowest BCUT2D eigenvalue weighted by atomic mass is 10.1. The summed E-state index contributed by atoms with van der Waals surface area (Å²) in [6.07, 6.45) is 0. The second-order valence-electron chi connectivity index (χ2n) is 6.12. The number of hydrogen-bond acceptors (Lipinski definition) is 5. The van der Waals surface area contributed by atoms with E-state index in [0.29, 0.717) is 44.9 Å². The highest BCUT2D eigenvalue weighted by atomic mass is 32.2. The predicted octanol–water partition coefficient (Wildman–Crippen LogP) is 0.319. The fraction of sp³-hybridized carbons (Fsp3) is 0.588. The van der Waals surface area contributed by atoms with Crippen molar-refractivity contribution in [3.8, 4) is 0 Å². The molecule has 8 heteroatoms. The molecule has 1 aliphatic heterocycles. The van der Waals surface area contributed by atoms with E-state index in [9.17, 15) is 13.2 Å². The average Bonchev–Trinajstić information content (AvgIpc) is 2.62. The van der Waals surface area contributed by atoms with E-state index in [1.54, 1.807) is 18.1 Å². The summed E-state index contributed by atoms with van der Waals surface area (Å²) in [7, 11) is -1.81. The van der Waals surface area contributed by atoms with Gasteiger partial charge in [0.2, 0.25) is 10.0 Å². The van der Waals surface area contributed by atoms with Crippen LogP contribution in [0.5, 0.6) is 0 Å². The second kappa shape index (κ2) is 9.28. The van der Waals surface area contributed by atoms with Gasteiger partial charge >= 0.3 is 0 Å². The third-order valence-corrected chi connectivity index (χ3v) is 6.06. The lowest BCUT2D eigenvalue weighted by Crippen LogP contribution is -2.48. The summed E-state index contributed by atoms with van der Waals surface area (Å²) in [5.74, 6) is -0.245. The highest BCUT2D eigenvalue weighted by molar-refractivity contribution is 7.89. The van der Waals surface area contributed by atoms with Gasteiger partial charge in [-0.1, -0.05) is 17.7 Å². The molecule has 0 saturated carbocycles. The third-order valence-electron chi connectivity index (χ3n) is 4.21. The van der Waals surface area contributed by atoms with Gasteiger partial charge in [0.05, 0.1) is 12.4 Å². The minimum Gasteiger partial charge on any atom is -0.383 e. The summed E-state index contributed by atoms with van der Waals surface area (Å²) in [4.78, 5) is 14.3. The molecule has 140 valence electrons. The van der Waals surface area contributed by atoms with Gasteiger partial charge in [0, 0.05) is 51.9 Å². The molecule has 1 aliphatic rings. The number of carbonyl (C=O) groups is 1. The zero-order valence-electron chi connectivity index (χ0n) is 14.9. The first-order chi connectivity index (χ1) is 11.9. The van der Waals surface area contributed by atoms with Gasteiger partial charge in [0.15, 0.2) is 0 Å². The monoisotopic (exact) mass is 369 g/mol. The van der Waals surface area contributed by atoms with Crippen molar-refractivity contribution in [2.75, 3.05) is 58.7 Å². The Hall–Kier alpha value is -1.48. The molecule has 1 amide bonds. The molecule has 1 aromatic carbocycles. The van der Waals surface area contributed by atoms with Crippen molar-refractivity contribution in [2.24, 2.45) is 0 Å². The Kier molecular flexibility index (Phi) is 7.37. The van der Waals surface area contributed by atoms with Crippen LogP contribution in [0.15, 0.2) is 24.3 Å². The number of methoxy groups -OCH3 is 1. The van der Waals surface area contributed by atoms with E-state index in [1.807, 2.05) is 25.1 Å². The van der Waals surface area contributed by atoms with E-state index < -0.39 is 10.0 Å². The molecule has 1 aromatic rings. The number of hydrogen-bond donors (Lipinski definition) is 1. The van der Waals surface area contributed by atoms with Crippen LogP contribution in [0.25, 0.3) is 0 Å². The molecule has 1 heterocycles. The molecule has 7 nitrogen and oxygen atoms in total. The molecule has 2 rings (SSSR count). The molecule has 0 unspecified atom stereocenters. The number of nitrogens with one attached hydrogen (secondary N) is 1. The molecule has 0 atom stereocenters. The summed E-state index contributed by atoms with van der Waals surface area (Å²) < 4.78 is 31.6. The van der Waals surface area contributed by atoms with Gasteiger partial charge in [-0.2, -0.15) is 4.31 Å². The maximum atomic E-state index is 12.7. The number of rotatable bonds is 8. The van der Waals surface area contributed by atoms with Crippen LogP contribution in [0.2, 0.25) is 0 Å².